The van der Waals surface area contributed by atoms with Gasteiger partial charge in [0.2, 0.25) is 5.78 Å². The van der Waals surface area contributed by atoms with E-state index in [9.17, 15) is 10.1 Å². The Balaban J connectivity index is 1.85. The minimum atomic E-state index is -0.0778. The lowest BCUT2D eigenvalue weighted by molar-refractivity contribution is 0.735. The van der Waals surface area contributed by atoms with Crippen LogP contribution in [0.3, 0.4) is 0 Å². The molecule has 0 N–H and O–H groups in total. The van der Waals surface area contributed by atoms with Crippen molar-refractivity contribution in [2.75, 3.05) is 0 Å². The first-order valence-electron chi connectivity index (χ1n) is 8.78. The molecule has 9 heteroatoms. The first-order valence-corrected chi connectivity index (χ1v) is 9.77. The largest absolute Gasteiger partial charge is 0.277 e. The normalized spacial score (nSPS) is 11.2. The van der Waals surface area contributed by atoms with Gasteiger partial charge in [-0.25, -0.2) is 9.97 Å². The number of nitrogens with zero attached hydrogens (tertiary/aromatic N) is 7. The standard InChI is InChI=1S/C19H17N7OS/c1-4-25-18(27)13-7-5-6-8-15(13)26-16(23-24-19(25)26)10-28-17-14(9-20)11(2)21-12(3)22-17/h5-8H,4,10H2,1-3H3. The second-order valence-electron chi connectivity index (χ2n) is 6.26. The Hall–Kier alpha value is -3.25. The highest BCUT2D eigenvalue weighted by Crippen LogP contribution is 2.26. The highest BCUT2D eigenvalue weighted by Gasteiger charge is 2.17. The van der Waals surface area contributed by atoms with E-state index in [1.54, 1.807) is 18.4 Å². The van der Waals surface area contributed by atoms with Gasteiger partial charge < -0.3 is 0 Å². The van der Waals surface area contributed by atoms with Gasteiger partial charge in [-0.1, -0.05) is 23.9 Å². The van der Waals surface area contributed by atoms with Crippen molar-refractivity contribution in [3.63, 3.8) is 0 Å². The van der Waals surface area contributed by atoms with Gasteiger partial charge in [-0.05, 0) is 32.9 Å². The van der Waals surface area contributed by atoms with Crippen molar-refractivity contribution in [3.8, 4) is 6.07 Å². The van der Waals surface area contributed by atoms with Crippen LogP contribution in [0.25, 0.3) is 16.7 Å². The fourth-order valence-corrected chi connectivity index (χ4v) is 4.23. The number of nitriles is 1. The fraction of sp³-hybridized carbons (Fsp3) is 0.263. The molecule has 140 valence electrons. The summed E-state index contributed by atoms with van der Waals surface area (Å²) in [6.07, 6.45) is 0. The van der Waals surface area contributed by atoms with Crippen LogP contribution in [-0.4, -0.2) is 29.1 Å². The van der Waals surface area contributed by atoms with Gasteiger partial charge in [0.05, 0.1) is 22.3 Å². The highest BCUT2D eigenvalue weighted by molar-refractivity contribution is 7.98. The van der Waals surface area contributed by atoms with Crippen LogP contribution < -0.4 is 5.56 Å². The average Bonchev–Trinajstić information content (AvgIpc) is 3.10. The Morgan fingerprint density at radius 2 is 1.96 bits per heavy atom. The van der Waals surface area contributed by atoms with Crippen LogP contribution in [0.1, 0.15) is 29.8 Å². The van der Waals surface area contributed by atoms with Crippen LogP contribution in [0.2, 0.25) is 0 Å². The molecule has 0 aliphatic heterocycles. The Morgan fingerprint density at radius 3 is 2.71 bits per heavy atom. The number of rotatable bonds is 4. The molecule has 0 saturated heterocycles. The zero-order valence-corrected chi connectivity index (χ0v) is 16.5. The number of aryl methyl sites for hydroxylation is 3. The summed E-state index contributed by atoms with van der Waals surface area (Å²) in [7, 11) is 0. The zero-order valence-electron chi connectivity index (χ0n) is 15.7. The number of hydrogen-bond acceptors (Lipinski definition) is 7. The van der Waals surface area contributed by atoms with Crippen molar-refractivity contribution < 1.29 is 0 Å². The molecule has 0 saturated carbocycles. The second-order valence-corrected chi connectivity index (χ2v) is 7.22. The molecule has 1 aromatic carbocycles. The van der Waals surface area contributed by atoms with E-state index in [1.165, 1.54) is 11.8 Å². The molecule has 4 rings (SSSR count). The first kappa shape index (κ1) is 18.1. The van der Waals surface area contributed by atoms with E-state index < -0.39 is 0 Å². The molecular weight excluding hydrogens is 374 g/mol. The molecule has 0 amide bonds. The summed E-state index contributed by atoms with van der Waals surface area (Å²) in [5.74, 6) is 2.28. The number of fused-ring (bicyclic) bond motifs is 3. The van der Waals surface area contributed by atoms with Crippen LogP contribution in [0.4, 0.5) is 0 Å². The third-order valence-corrected chi connectivity index (χ3v) is 5.48. The Morgan fingerprint density at radius 1 is 1.18 bits per heavy atom. The number of benzene rings is 1. The molecule has 0 radical (unpaired) electrons. The third-order valence-electron chi connectivity index (χ3n) is 4.51. The number of thioether (sulfide) groups is 1. The first-order chi connectivity index (χ1) is 13.5. The summed E-state index contributed by atoms with van der Waals surface area (Å²) in [5.41, 5.74) is 1.82. The van der Waals surface area contributed by atoms with Crippen molar-refractivity contribution >= 4 is 28.4 Å². The van der Waals surface area contributed by atoms with Crippen molar-refractivity contribution in [1.82, 2.24) is 29.1 Å². The number of para-hydroxylation sites is 1. The van der Waals surface area contributed by atoms with Crippen LogP contribution >= 0.6 is 11.8 Å². The van der Waals surface area contributed by atoms with E-state index in [2.05, 4.69) is 26.2 Å². The predicted octanol–water partition coefficient (Wildman–Crippen LogP) is 2.63. The molecule has 4 aromatic rings. The minimum absolute atomic E-state index is 0.0778. The van der Waals surface area contributed by atoms with Crippen LogP contribution in [0, 0.1) is 25.2 Å². The number of aromatic nitrogens is 6. The van der Waals surface area contributed by atoms with Gasteiger partial charge in [0, 0.05) is 6.54 Å². The maximum atomic E-state index is 12.7. The molecule has 0 spiro atoms. The van der Waals surface area contributed by atoms with E-state index in [0.29, 0.717) is 51.4 Å². The molecule has 0 aliphatic carbocycles. The van der Waals surface area contributed by atoms with E-state index >= 15 is 0 Å². The van der Waals surface area contributed by atoms with Crippen molar-refractivity contribution in [1.29, 1.82) is 5.26 Å². The molecule has 0 aliphatic rings. The van der Waals surface area contributed by atoms with Gasteiger partial charge in [-0.3, -0.25) is 13.8 Å². The fourth-order valence-electron chi connectivity index (χ4n) is 3.24. The molecule has 28 heavy (non-hydrogen) atoms. The average molecular weight is 391 g/mol. The summed E-state index contributed by atoms with van der Waals surface area (Å²) in [6.45, 7) is 6.02. The van der Waals surface area contributed by atoms with Gasteiger partial charge in [-0.15, -0.1) is 10.2 Å². The Labute approximate surface area is 164 Å². The van der Waals surface area contributed by atoms with E-state index in [0.717, 1.165) is 5.52 Å². The minimum Gasteiger partial charge on any atom is -0.277 e. The van der Waals surface area contributed by atoms with E-state index in [1.807, 2.05) is 35.6 Å². The highest BCUT2D eigenvalue weighted by atomic mass is 32.2. The van der Waals surface area contributed by atoms with Gasteiger partial charge in [-0.2, -0.15) is 5.26 Å². The van der Waals surface area contributed by atoms with E-state index in [-0.39, 0.29) is 5.56 Å². The van der Waals surface area contributed by atoms with Crippen molar-refractivity contribution in [2.24, 2.45) is 0 Å². The smallest absolute Gasteiger partial charge is 0.262 e. The maximum absolute atomic E-state index is 12.7. The molecule has 0 atom stereocenters. The van der Waals surface area contributed by atoms with Crippen molar-refractivity contribution in [3.05, 3.63) is 57.5 Å². The van der Waals surface area contributed by atoms with Crippen LogP contribution in [-0.2, 0) is 12.3 Å². The summed E-state index contributed by atoms with van der Waals surface area (Å²) in [6, 6.07) is 9.62. The van der Waals surface area contributed by atoms with E-state index in [4.69, 9.17) is 0 Å². The molecule has 0 unspecified atom stereocenters. The second kappa shape index (κ2) is 7.05. The molecule has 3 aromatic heterocycles. The summed E-state index contributed by atoms with van der Waals surface area (Å²) >= 11 is 1.41. The topological polar surface area (TPSA) is 102 Å². The summed E-state index contributed by atoms with van der Waals surface area (Å²) in [5, 5.41) is 19.3. The van der Waals surface area contributed by atoms with Crippen LogP contribution in [0.15, 0.2) is 34.1 Å². The van der Waals surface area contributed by atoms with Gasteiger partial charge in [0.15, 0.2) is 0 Å². The summed E-state index contributed by atoms with van der Waals surface area (Å²) in [4.78, 5) is 21.4. The maximum Gasteiger partial charge on any atom is 0.262 e. The van der Waals surface area contributed by atoms with Gasteiger partial charge >= 0.3 is 0 Å². The van der Waals surface area contributed by atoms with Gasteiger partial charge in [0.25, 0.3) is 5.56 Å². The van der Waals surface area contributed by atoms with Crippen LogP contribution in [0.5, 0.6) is 0 Å². The van der Waals surface area contributed by atoms with Gasteiger partial charge in [0.1, 0.15) is 28.3 Å². The quantitative estimate of drug-likeness (QED) is 0.389. The number of hydrogen-bond donors (Lipinski definition) is 0. The SMILES string of the molecule is CCn1c(=O)c2ccccc2n2c(CSc3nc(C)nc(C)c3C#N)nnc12. The molecule has 8 nitrogen and oxygen atoms in total. The molecule has 0 bridgehead atoms. The summed E-state index contributed by atoms with van der Waals surface area (Å²) < 4.78 is 3.52. The monoisotopic (exact) mass is 391 g/mol. The molecule has 3 heterocycles. The lowest BCUT2D eigenvalue weighted by Crippen LogP contribution is -2.22. The zero-order chi connectivity index (χ0) is 19.8. The lowest BCUT2D eigenvalue weighted by atomic mass is 10.2. The molecular formula is C19H17N7OS. The Kier molecular flexibility index (Phi) is 4.57. The predicted molar refractivity (Wildman–Crippen MR) is 106 cm³/mol. The Bertz CT molecular complexity index is 1320. The molecule has 0 fully saturated rings. The lowest BCUT2D eigenvalue weighted by Gasteiger charge is -2.10. The van der Waals surface area contributed by atoms with Crippen molar-refractivity contribution in [2.45, 2.75) is 38.1 Å². The third kappa shape index (κ3) is 2.82.